The van der Waals surface area contributed by atoms with Crippen LogP contribution >= 0.6 is 46.4 Å². The molecule has 0 aromatic heterocycles. The second-order valence-corrected chi connectivity index (χ2v) is 25.0. The fraction of sp³-hybridized carbons (Fsp3) is 0.548. The molecule has 4 aromatic carbocycles. The lowest BCUT2D eigenvalue weighted by Crippen LogP contribution is -2.49. The van der Waals surface area contributed by atoms with Crippen LogP contribution in [0.25, 0.3) is 0 Å². The van der Waals surface area contributed by atoms with Gasteiger partial charge in [0, 0.05) is 111 Å². The molecule has 0 radical (unpaired) electrons. The predicted octanol–water partition coefficient (Wildman–Crippen LogP) is 9.99. The summed E-state index contributed by atoms with van der Waals surface area (Å²) in [4.78, 5) is 66.6. The largest absolute Gasteiger partial charge is 0.365 e. The van der Waals surface area contributed by atoms with Crippen molar-refractivity contribution in [2.24, 2.45) is 0 Å². The Morgan fingerprint density at radius 3 is 1.16 bits per heavy atom. The lowest BCUT2D eigenvalue weighted by atomic mass is 10.1. The number of rotatable bonds is 26. The van der Waals surface area contributed by atoms with Crippen molar-refractivity contribution in [2.45, 2.75) is 126 Å². The van der Waals surface area contributed by atoms with Crippen LogP contribution in [-0.2, 0) is 45.1 Å². The van der Waals surface area contributed by atoms with E-state index in [1.165, 1.54) is 25.7 Å². The van der Waals surface area contributed by atoms with Crippen LogP contribution in [0.2, 0.25) is 20.1 Å². The molecule has 4 N–H and O–H groups in total. The van der Waals surface area contributed by atoms with E-state index >= 15 is 0 Å². The molecule has 0 spiro atoms. The Labute approximate surface area is 502 Å². The number of fused-ring (bicyclic) bond motifs is 2. The Morgan fingerprint density at radius 1 is 0.451 bits per heavy atom. The lowest BCUT2D eigenvalue weighted by Gasteiger charge is -2.39. The van der Waals surface area contributed by atoms with Crippen LogP contribution in [0, 0.1) is 0 Å². The molecule has 4 aromatic rings. The van der Waals surface area contributed by atoms with Crippen molar-refractivity contribution in [3.63, 3.8) is 0 Å². The number of carbonyl (C=O) groups is 4. The van der Waals surface area contributed by atoms with E-state index in [-0.39, 0.29) is 37.1 Å². The lowest BCUT2D eigenvalue weighted by molar-refractivity contribution is -0.134. The number of hydrogen-bond acceptors (Lipinski definition) is 10. The molecular formula is C62H78Cl4N10O6. The van der Waals surface area contributed by atoms with Crippen LogP contribution in [0.15, 0.2) is 72.8 Å². The average molecular weight is 1200 g/mol. The molecule has 1 saturated heterocycles. The molecule has 7 aliphatic rings. The van der Waals surface area contributed by atoms with Crippen molar-refractivity contribution in [1.82, 2.24) is 31.1 Å². The van der Waals surface area contributed by atoms with E-state index < -0.39 is 11.2 Å². The van der Waals surface area contributed by atoms with E-state index in [1.54, 1.807) is 0 Å². The number of amides is 6. The van der Waals surface area contributed by atoms with E-state index in [9.17, 15) is 19.2 Å². The highest BCUT2D eigenvalue weighted by atomic mass is 35.5. The molecule has 5 fully saturated rings. The number of carbonyl (C=O) groups excluding carboxylic acids is 4. The molecule has 0 atom stereocenters. The van der Waals surface area contributed by atoms with Crippen molar-refractivity contribution in [2.75, 3.05) is 111 Å². The molecular weight excluding hydrogens is 1120 g/mol. The van der Waals surface area contributed by atoms with Gasteiger partial charge in [-0.15, -0.1) is 0 Å². The van der Waals surface area contributed by atoms with Gasteiger partial charge in [0.2, 0.25) is 0 Å². The molecule has 0 bridgehead atoms. The minimum absolute atomic E-state index is 0.0204. The van der Waals surface area contributed by atoms with E-state index in [4.69, 9.17) is 55.9 Å². The van der Waals surface area contributed by atoms with Gasteiger partial charge in [0.1, 0.15) is 11.2 Å². The maximum absolute atomic E-state index is 13.9. The van der Waals surface area contributed by atoms with Gasteiger partial charge < -0.3 is 60.1 Å². The van der Waals surface area contributed by atoms with Crippen molar-refractivity contribution < 1.29 is 28.7 Å². The van der Waals surface area contributed by atoms with Gasteiger partial charge in [0.15, 0.2) is 0 Å². The first-order valence-electron chi connectivity index (χ1n) is 29.9. The Balaban J connectivity index is 0.501. The topological polar surface area (TPSA) is 154 Å². The van der Waals surface area contributed by atoms with Gasteiger partial charge in [-0.25, -0.2) is 9.59 Å². The standard InChI is InChI=1S/C62H78Cl4N10O6/c63-49-39-45(41-81-61(19-20-61)57(77)75-35-33-73(47-15-16-47)53-11-1-3-13-55(53)75)51(65)37-43(49)9-5-23-67-59(79)69-25-7-27-71-29-31-72(32-30-71)28-8-26-70-60(80)68-24-6-10-44-38-52(66)46(40-50(44)64)42-82-62(21-22-62)58(78)76-36-34-74(48-17-18-48)54-12-2-4-14-56(54)76/h1-4,11-14,37-40,47-48H,5-10,15-36,41-42H2,(H2,67,69,79)(H2,68,70,80). The monoisotopic (exact) mass is 1200 g/mol. The molecule has 0 unspecified atom stereocenters. The van der Waals surface area contributed by atoms with E-state index in [2.05, 4.69) is 53.0 Å². The Morgan fingerprint density at radius 2 is 0.793 bits per heavy atom. The normalized spacial score (nSPS) is 19.1. The number of ether oxygens (including phenoxy) is 2. The van der Waals surface area contributed by atoms with Crippen LogP contribution in [0.5, 0.6) is 0 Å². The molecule has 3 aliphatic heterocycles. The third-order valence-corrected chi connectivity index (χ3v) is 18.7. The van der Waals surface area contributed by atoms with Crippen LogP contribution in [-0.4, -0.2) is 149 Å². The number of benzene rings is 4. The van der Waals surface area contributed by atoms with E-state index in [1.807, 2.05) is 70.5 Å². The molecule has 4 saturated carbocycles. The highest BCUT2D eigenvalue weighted by Gasteiger charge is 2.56. The van der Waals surface area contributed by atoms with Gasteiger partial charge in [0.25, 0.3) is 11.8 Å². The van der Waals surface area contributed by atoms with Gasteiger partial charge in [-0.05, 0) is 174 Å². The first kappa shape index (κ1) is 58.7. The Kier molecular flexibility index (Phi) is 19.0. The summed E-state index contributed by atoms with van der Waals surface area (Å²) in [5.41, 5.74) is 5.83. The smallest absolute Gasteiger partial charge is 0.314 e. The zero-order valence-electron chi connectivity index (χ0n) is 46.9. The average Bonchev–Trinajstić information content (AvgIpc) is 4.30. The maximum atomic E-state index is 13.9. The third-order valence-electron chi connectivity index (χ3n) is 17.3. The summed E-state index contributed by atoms with van der Waals surface area (Å²) >= 11 is 27.0. The van der Waals surface area contributed by atoms with Crippen LogP contribution in [0.4, 0.5) is 32.3 Å². The number of halogens is 4. The molecule has 6 amide bonds. The van der Waals surface area contributed by atoms with Crippen LogP contribution < -0.4 is 40.9 Å². The van der Waals surface area contributed by atoms with Crippen molar-refractivity contribution >= 4 is 93.0 Å². The SMILES string of the molecule is O=C(NCCCc1cc(Cl)c(COC2(C(=O)N3CCN(C4CC4)c4ccccc43)CC2)cc1Cl)NCCCN1CCN(CCCNC(=O)NCCCc2cc(Cl)c(COC3(C(=O)N4CCN(C5CC5)c5ccccc54)CC3)cc2Cl)CC1. The number of piperazine rings is 1. The molecule has 4 aliphatic carbocycles. The number of urea groups is 2. The number of hydrogen-bond donors (Lipinski definition) is 4. The summed E-state index contributed by atoms with van der Waals surface area (Å²) in [6.45, 7) is 11.2. The molecule has 440 valence electrons. The summed E-state index contributed by atoms with van der Waals surface area (Å²) in [6, 6.07) is 24.6. The highest BCUT2D eigenvalue weighted by molar-refractivity contribution is 6.34. The second-order valence-electron chi connectivity index (χ2n) is 23.3. The van der Waals surface area contributed by atoms with Crippen molar-refractivity contribution in [3.8, 4) is 0 Å². The first-order valence-corrected chi connectivity index (χ1v) is 31.4. The Hall–Kier alpha value is -5.04. The van der Waals surface area contributed by atoms with Gasteiger partial charge in [0.05, 0.1) is 36.0 Å². The molecule has 82 heavy (non-hydrogen) atoms. The molecule has 20 heteroatoms. The summed E-state index contributed by atoms with van der Waals surface area (Å²) in [5, 5.41) is 14.2. The van der Waals surface area contributed by atoms with E-state index in [0.29, 0.717) is 123 Å². The summed E-state index contributed by atoms with van der Waals surface area (Å²) in [6.07, 6.45) is 12.0. The fourth-order valence-electron chi connectivity index (χ4n) is 11.9. The molecule has 3 heterocycles. The second kappa shape index (κ2) is 26.5. The zero-order valence-corrected chi connectivity index (χ0v) is 50.0. The minimum Gasteiger partial charge on any atom is -0.365 e. The fourth-order valence-corrected chi connectivity index (χ4v) is 12.9. The number of nitrogens with zero attached hydrogens (tertiary/aromatic N) is 6. The van der Waals surface area contributed by atoms with Crippen LogP contribution in [0.3, 0.4) is 0 Å². The number of para-hydroxylation sites is 4. The van der Waals surface area contributed by atoms with E-state index in [0.717, 1.165) is 110 Å². The quantitative estimate of drug-likeness (QED) is 0.0447. The zero-order chi connectivity index (χ0) is 56.8. The van der Waals surface area contributed by atoms with Gasteiger partial charge >= 0.3 is 12.1 Å². The summed E-state index contributed by atoms with van der Waals surface area (Å²) in [5.74, 6) is 0.0407. The minimum atomic E-state index is -0.839. The predicted molar refractivity (Wildman–Crippen MR) is 326 cm³/mol. The van der Waals surface area contributed by atoms with Crippen LogP contribution in [0.1, 0.15) is 99.3 Å². The number of aryl methyl sites for hydroxylation is 2. The van der Waals surface area contributed by atoms with Crippen molar-refractivity contribution in [3.05, 3.63) is 115 Å². The van der Waals surface area contributed by atoms with Gasteiger partial charge in [-0.1, -0.05) is 70.7 Å². The molecule has 16 nitrogen and oxygen atoms in total. The summed E-state index contributed by atoms with van der Waals surface area (Å²) in [7, 11) is 0. The Bertz CT molecular complexity index is 2750. The van der Waals surface area contributed by atoms with Gasteiger partial charge in [-0.3, -0.25) is 9.59 Å². The number of nitrogens with one attached hydrogen (secondary N) is 4. The maximum Gasteiger partial charge on any atom is 0.314 e. The molecule has 11 rings (SSSR count). The number of anilines is 4. The summed E-state index contributed by atoms with van der Waals surface area (Å²) < 4.78 is 12.7. The van der Waals surface area contributed by atoms with Crippen molar-refractivity contribution in [1.29, 1.82) is 0 Å². The van der Waals surface area contributed by atoms with Gasteiger partial charge in [-0.2, -0.15) is 0 Å². The highest BCUT2D eigenvalue weighted by Crippen LogP contribution is 2.48. The first-order chi connectivity index (χ1) is 39.9. The third kappa shape index (κ3) is 14.4.